The Kier molecular flexibility index (Phi) is 5.20. The minimum atomic E-state index is -0.383. The largest absolute Gasteiger partial charge is 0.466 e. The lowest BCUT2D eigenvalue weighted by atomic mass is 10.4. The van der Waals surface area contributed by atoms with E-state index in [2.05, 4.69) is 10.1 Å². The molecule has 0 amide bonds. The number of hydrogen-bond acceptors (Lipinski definition) is 4. The highest BCUT2D eigenvalue weighted by molar-refractivity contribution is 5.82. The summed E-state index contributed by atoms with van der Waals surface area (Å²) >= 11 is 0. The Morgan fingerprint density at radius 2 is 2.18 bits per heavy atom. The number of nitrogens with one attached hydrogen (secondary N) is 1. The SMILES string of the molecule is CNC(=CC(=O)OC)COC. The molecular weight excluding hydrogens is 146 g/mol. The molecule has 0 aliphatic rings. The lowest BCUT2D eigenvalue weighted by Gasteiger charge is -2.03. The quantitative estimate of drug-likeness (QED) is 0.460. The smallest absolute Gasteiger partial charge is 0.332 e. The van der Waals surface area contributed by atoms with Crippen molar-refractivity contribution >= 4 is 5.97 Å². The van der Waals surface area contributed by atoms with Crippen LogP contribution < -0.4 is 5.32 Å². The van der Waals surface area contributed by atoms with Crippen molar-refractivity contribution in [3.05, 3.63) is 11.8 Å². The number of carbonyl (C=O) groups is 1. The summed E-state index contributed by atoms with van der Waals surface area (Å²) < 4.78 is 9.22. The molecule has 0 heterocycles. The molecule has 0 aliphatic carbocycles. The number of hydrogen-bond donors (Lipinski definition) is 1. The molecular formula is C7H13NO3. The van der Waals surface area contributed by atoms with E-state index in [4.69, 9.17) is 4.74 Å². The third kappa shape index (κ3) is 4.38. The van der Waals surface area contributed by atoms with Crippen LogP contribution in [0.1, 0.15) is 0 Å². The summed E-state index contributed by atoms with van der Waals surface area (Å²) in [6, 6.07) is 0. The van der Waals surface area contributed by atoms with E-state index in [1.165, 1.54) is 13.2 Å². The molecule has 11 heavy (non-hydrogen) atoms. The van der Waals surface area contributed by atoms with Crippen LogP contribution in [0.25, 0.3) is 0 Å². The van der Waals surface area contributed by atoms with Gasteiger partial charge in [0.25, 0.3) is 0 Å². The zero-order chi connectivity index (χ0) is 8.69. The molecule has 4 heteroatoms. The van der Waals surface area contributed by atoms with Gasteiger partial charge in [0, 0.05) is 25.9 Å². The molecule has 0 aromatic carbocycles. The summed E-state index contributed by atoms with van der Waals surface area (Å²) in [5, 5.41) is 2.80. The molecule has 0 unspecified atom stereocenters. The number of ether oxygens (including phenoxy) is 2. The average molecular weight is 159 g/mol. The Hall–Kier alpha value is -1.03. The fourth-order valence-corrected chi connectivity index (χ4v) is 0.543. The van der Waals surface area contributed by atoms with Gasteiger partial charge in [-0.1, -0.05) is 0 Å². The normalized spacial score (nSPS) is 11.0. The van der Waals surface area contributed by atoms with Crippen LogP contribution in [0.4, 0.5) is 0 Å². The average Bonchev–Trinajstić information content (AvgIpc) is 2.03. The van der Waals surface area contributed by atoms with Crippen molar-refractivity contribution in [2.24, 2.45) is 0 Å². The van der Waals surface area contributed by atoms with E-state index >= 15 is 0 Å². The first-order chi connectivity index (χ1) is 5.24. The molecule has 0 aliphatic heterocycles. The van der Waals surface area contributed by atoms with Crippen LogP contribution in [-0.2, 0) is 14.3 Å². The van der Waals surface area contributed by atoms with Crippen molar-refractivity contribution in [1.29, 1.82) is 0 Å². The van der Waals surface area contributed by atoms with Crippen LogP contribution in [0.5, 0.6) is 0 Å². The molecule has 64 valence electrons. The molecule has 0 bridgehead atoms. The fraction of sp³-hybridized carbons (Fsp3) is 0.571. The van der Waals surface area contributed by atoms with Gasteiger partial charge in [0.2, 0.25) is 0 Å². The Balaban J connectivity index is 3.99. The lowest BCUT2D eigenvalue weighted by Crippen LogP contribution is -2.13. The van der Waals surface area contributed by atoms with Gasteiger partial charge in [-0.3, -0.25) is 0 Å². The van der Waals surface area contributed by atoms with Gasteiger partial charge < -0.3 is 14.8 Å². The van der Waals surface area contributed by atoms with Crippen LogP contribution in [0.15, 0.2) is 11.8 Å². The van der Waals surface area contributed by atoms with Gasteiger partial charge in [-0.15, -0.1) is 0 Å². The van der Waals surface area contributed by atoms with Crippen molar-refractivity contribution < 1.29 is 14.3 Å². The number of esters is 1. The molecule has 0 spiro atoms. The number of rotatable bonds is 4. The highest BCUT2D eigenvalue weighted by Crippen LogP contribution is 1.89. The van der Waals surface area contributed by atoms with Crippen LogP contribution in [0.3, 0.4) is 0 Å². The van der Waals surface area contributed by atoms with Gasteiger partial charge in [-0.2, -0.15) is 0 Å². The molecule has 0 saturated heterocycles. The van der Waals surface area contributed by atoms with Gasteiger partial charge in [0.1, 0.15) is 0 Å². The third-order valence-electron chi connectivity index (χ3n) is 1.11. The standard InChI is InChI=1S/C7H13NO3/c1-8-6(5-10-2)4-7(9)11-3/h4,8H,5H2,1-3H3. The maximum Gasteiger partial charge on any atom is 0.332 e. The Labute approximate surface area is 66.2 Å². The molecule has 0 rings (SSSR count). The first kappa shape index (κ1) is 9.97. The predicted molar refractivity (Wildman–Crippen MR) is 41.0 cm³/mol. The number of methoxy groups -OCH3 is 2. The third-order valence-corrected chi connectivity index (χ3v) is 1.11. The molecule has 0 fully saturated rings. The Bertz CT molecular complexity index is 154. The summed E-state index contributed by atoms with van der Waals surface area (Å²) in [5.41, 5.74) is 0.694. The van der Waals surface area contributed by atoms with Crippen LogP contribution >= 0.6 is 0 Å². The van der Waals surface area contributed by atoms with Gasteiger partial charge in [-0.05, 0) is 0 Å². The number of carbonyl (C=O) groups excluding carboxylic acids is 1. The molecule has 4 nitrogen and oxygen atoms in total. The summed E-state index contributed by atoms with van der Waals surface area (Å²) in [4.78, 5) is 10.7. The summed E-state index contributed by atoms with van der Waals surface area (Å²) in [6.45, 7) is 0.381. The number of likely N-dealkylation sites (N-methyl/N-ethyl adjacent to an activating group) is 1. The Morgan fingerprint density at radius 1 is 1.55 bits per heavy atom. The van der Waals surface area contributed by atoms with E-state index in [0.717, 1.165) is 0 Å². The summed E-state index contributed by atoms with van der Waals surface area (Å²) in [7, 11) is 4.61. The van der Waals surface area contributed by atoms with E-state index in [1.54, 1.807) is 14.2 Å². The van der Waals surface area contributed by atoms with Crippen molar-refractivity contribution in [2.45, 2.75) is 0 Å². The van der Waals surface area contributed by atoms with E-state index in [-0.39, 0.29) is 5.97 Å². The van der Waals surface area contributed by atoms with Gasteiger partial charge >= 0.3 is 5.97 Å². The monoisotopic (exact) mass is 159 g/mol. The Morgan fingerprint density at radius 3 is 2.55 bits per heavy atom. The molecule has 0 aromatic heterocycles. The van der Waals surface area contributed by atoms with Crippen LogP contribution in [0.2, 0.25) is 0 Å². The van der Waals surface area contributed by atoms with E-state index < -0.39 is 0 Å². The zero-order valence-corrected chi connectivity index (χ0v) is 7.01. The molecule has 0 radical (unpaired) electrons. The summed E-state index contributed by atoms with van der Waals surface area (Å²) in [5.74, 6) is -0.383. The van der Waals surface area contributed by atoms with Crippen molar-refractivity contribution in [3.8, 4) is 0 Å². The minimum Gasteiger partial charge on any atom is -0.466 e. The van der Waals surface area contributed by atoms with Crippen molar-refractivity contribution in [1.82, 2.24) is 5.32 Å². The highest BCUT2D eigenvalue weighted by atomic mass is 16.5. The van der Waals surface area contributed by atoms with E-state index in [1.807, 2.05) is 0 Å². The second kappa shape index (κ2) is 5.73. The highest BCUT2D eigenvalue weighted by Gasteiger charge is 1.97. The minimum absolute atomic E-state index is 0.381. The van der Waals surface area contributed by atoms with Crippen LogP contribution in [0, 0.1) is 0 Å². The van der Waals surface area contributed by atoms with Crippen molar-refractivity contribution in [2.75, 3.05) is 27.9 Å². The van der Waals surface area contributed by atoms with E-state index in [9.17, 15) is 4.79 Å². The lowest BCUT2D eigenvalue weighted by molar-refractivity contribution is -0.134. The van der Waals surface area contributed by atoms with Gasteiger partial charge in [0.15, 0.2) is 0 Å². The predicted octanol–water partition coefficient (Wildman–Crippen LogP) is -0.0909. The molecule has 0 aromatic rings. The van der Waals surface area contributed by atoms with E-state index in [0.29, 0.717) is 12.3 Å². The van der Waals surface area contributed by atoms with Crippen molar-refractivity contribution in [3.63, 3.8) is 0 Å². The second-order valence-electron chi connectivity index (χ2n) is 1.88. The first-order valence-corrected chi connectivity index (χ1v) is 3.19. The van der Waals surface area contributed by atoms with Gasteiger partial charge in [-0.25, -0.2) is 4.79 Å². The first-order valence-electron chi connectivity index (χ1n) is 3.19. The fourth-order valence-electron chi connectivity index (χ4n) is 0.543. The molecule has 0 saturated carbocycles. The maximum absolute atomic E-state index is 10.7. The van der Waals surface area contributed by atoms with Gasteiger partial charge in [0.05, 0.1) is 13.7 Å². The summed E-state index contributed by atoms with van der Waals surface area (Å²) in [6.07, 6.45) is 1.35. The van der Waals surface area contributed by atoms with Crippen LogP contribution in [-0.4, -0.2) is 33.8 Å². The topological polar surface area (TPSA) is 47.6 Å². The maximum atomic E-state index is 10.7. The zero-order valence-electron chi connectivity index (χ0n) is 7.01. The molecule has 0 atom stereocenters. The second-order valence-corrected chi connectivity index (χ2v) is 1.88. The molecule has 1 N–H and O–H groups in total.